The predicted octanol–water partition coefficient (Wildman–Crippen LogP) is 2.07. The summed E-state index contributed by atoms with van der Waals surface area (Å²) >= 11 is 0. The Bertz CT molecular complexity index is 704. The third-order valence-corrected chi connectivity index (χ3v) is 3.99. The number of ether oxygens (including phenoxy) is 3. The van der Waals surface area contributed by atoms with E-state index < -0.39 is 5.92 Å². The lowest BCUT2D eigenvalue weighted by Crippen LogP contribution is -2.33. The lowest BCUT2D eigenvalue weighted by molar-refractivity contribution is -0.122. The quantitative estimate of drug-likeness (QED) is 0.766. The van der Waals surface area contributed by atoms with Crippen LogP contribution in [-0.2, 0) is 11.3 Å². The van der Waals surface area contributed by atoms with Gasteiger partial charge in [-0.15, -0.1) is 0 Å². The summed E-state index contributed by atoms with van der Waals surface area (Å²) in [7, 11) is 4.69. The number of hydrogen-bond donors (Lipinski definition) is 2. The van der Waals surface area contributed by atoms with Crippen LogP contribution in [0.15, 0.2) is 42.5 Å². The second-order valence-electron chi connectivity index (χ2n) is 5.44. The van der Waals surface area contributed by atoms with E-state index in [0.29, 0.717) is 23.8 Å². The third-order valence-electron chi connectivity index (χ3n) is 3.99. The summed E-state index contributed by atoms with van der Waals surface area (Å²) < 4.78 is 16.0. The Morgan fingerprint density at radius 3 is 2.16 bits per heavy atom. The molecule has 0 spiro atoms. The number of carbonyl (C=O) groups excluding carboxylic acids is 1. The maximum atomic E-state index is 12.5. The van der Waals surface area contributed by atoms with Crippen LogP contribution in [0.4, 0.5) is 0 Å². The molecule has 2 aromatic carbocycles. The molecule has 2 rings (SSSR count). The molecular weight excluding hydrogens is 320 g/mol. The molecule has 0 bridgehead atoms. The van der Waals surface area contributed by atoms with E-state index in [1.807, 2.05) is 30.3 Å². The molecule has 0 aliphatic rings. The monoisotopic (exact) mass is 344 g/mol. The average molecular weight is 344 g/mol. The van der Waals surface area contributed by atoms with Crippen LogP contribution in [0.3, 0.4) is 0 Å². The Kier molecular flexibility index (Phi) is 6.65. The van der Waals surface area contributed by atoms with Gasteiger partial charge in [0.05, 0.1) is 27.2 Å². The first-order chi connectivity index (χ1) is 12.1. The molecule has 25 heavy (non-hydrogen) atoms. The topological polar surface area (TPSA) is 82.8 Å². The number of amides is 1. The van der Waals surface area contributed by atoms with Gasteiger partial charge in [-0.25, -0.2) is 0 Å². The van der Waals surface area contributed by atoms with Crippen LogP contribution in [0, 0.1) is 0 Å². The minimum atomic E-state index is -0.396. The summed E-state index contributed by atoms with van der Waals surface area (Å²) in [4.78, 5) is 12.5. The van der Waals surface area contributed by atoms with Gasteiger partial charge in [-0.2, -0.15) is 0 Å². The summed E-state index contributed by atoms with van der Waals surface area (Å²) in [6.07, 6.45) is 0. The summed E-state index contributed by atoms with van der Waals surface area (Å²) in [5, 5.41) is 2.92. The number of rotatable bonds is 8. The highest BCUT2D eigenvalue weighted by atomic mass is 16.5. The van der Waals surface area contributed by atoms with Crippen LogP contribution >= 0.6 is 0 Å². The SMILES string of the molecule is COc1cc(OC)c(OC)cc1CNC(=O)C(CN)c1ccccc1. The highest BCUT2D eigenvalue weighted by Crippen LogP contribution is 2.34. The molecule has 0 radical (unpaired) electrons. The molecule has 1 amide bonds. The van der Waals surface area contributed by atoms with Crippen molar-refractivity contribution in [2.75, 3.05) is 27.9 Å². The van der Waals surface area contributed by atoms with Gasteiger partial charge in [0.2, 0.25) is 5.91 Å². The normalized spacial score (nSPS) is 11.5. The van der Waals surface area contributed by atoms with Crippen molar-refractivity contribution in [2.45, 2.75) is 12.5 Å². The molecule has 6 nitrogen and oxygen atoms in total. The van der Waals surface area contributed by atoms with Gasteiger partial charge in [0.25, 0.3) is 0 Å². The molecule has 1 atom stereocenters. The fraction of sp³-hybridized carbons (Fsp3) is 0.316. The van der Waals surface area contributed by atoms with Gasteiger partial charge in [0.15, 0.2) is 11.5 Å². The minimum absolute atomic E-state index is 0.134. The maximum Gasteiger partial charge on any atom is 0.229 e. The summed E-state index contributed by atoms with van der Waals surface area (Å²) in [5.74, 6) is 1.23. The first kappa shape index (κ1) is 18.6. The zero-order valence-electron chi connectivity index (χ0n) is 14.7. The van der Waals surface area contributed by atoms with E-state index in [9.17, 15) is 4.79 Å². The lowest BCUT2D eigenvalue weighted by Gasteiger charge is -2.17. The van der Waals surface area contributed by atoms with E-state index in [0.717, 1.165) is 11.1 Å². The fourth-order valence-corrected chi connectivity index (χ4v) is 2.62. The van der Waals surface area contributed by atoms with E-state index in [4.69, 9.17) is 19.9 Å². The Morgan fingerprint density at radius 2 is 1.60 bits per heavy atom. The largest absolute Gasteiger partial charge is 0.496 e. The Labute approximate surface area is 147 Å². The number of nitrogens with two attached hydrogens (primary N) is 1. The van der Waals surface area contributed by atoms with E-state index in [1.165, 1.54) is 0 Å². The highest BCUT2D eigenvalue weighted by Gasteiger charge is 2.19. The predicted molar refractivity (Wildman–Crippen MR) is 96.2 cm³/mol. The first-order valence-corrected chi connectivity index (χ1v) is 7.96. The average Bonchev–Trinajstić information content (AvgIpc) is 2.66. The second kappa shape index (κ2) is 8.94. The zero-order valence-corrected chi connectivity index (χ0v) is 14.7. The zero-order chi connectivity index (χ0) is 18.2. The van der Waals surface area contributed by atoms with Crippen molar-refractivity contribution >= 4 is 5.91 Å². The van der Waals surface area contributed by atoms with Crippen LogP contribution < -0.4 is 25.3 Å². The number of methoxy groups -OCH3 is 3. The summed E-state index contributed by atoms with van der Waals surface area (Å²) in [6, 6.07) is 13.0. The number of hydrogen-bond acceptors (Lipinski definition) is 5. The Hall–Kier alpha value is -2.73. The van der Waals surface area contributed by atoms with Crippen LogP contribution in [0.1, 0.15) is 17.0 Å². The van der Waals surface area contributed by atoms with E-state index >= 15 is 0 Å². The van der Waals surface area contributed by atoms with Gasteiger partial charge in [0, 0.05) is 24.7 Å². The summed E-state index contributed by atoms with van der Waals surface area (Å²) in [6.45, 7) is 0.532. The number of nitrogens with one attached hydrogen (secondary N) is 1. The molecule has 0 fully saturated rings. The van der Waals surface area contributed by atoms with Crippen molar-refractivity contribution in [3.63, 3.8) is 0 Å². The molecule has 0 heterocycles. The van der Waals surface area contributed by atoms with Gasteiger partial charge >= 0.3 is 0 Å². The van der Waals surface area contributed by atoms with Crippen LogP contribution in [-0.4, -0.2) is 33.8 Å². The molecule has 0 saturated carbocycles. The lowest BCUT2D eigenvalue weighted by atomic mass is 9.98. The van der Waals surface area contributed by atoms with Crippen molar-refractivity contribution in [1.82, 2.24) is 5.32 Å². The number of benzene rings is 2. The standard InChI is InChI=1S/C19H24N2O4/c1-23-16-10-18(25-3)17(24-2)9-14(16)12-21-19(22)15(11-20)13-7-5-4-6-8-13/h4-10,15H,11-12,20H2,1-3H3,(H,21,22). The van der Waals surface area contributed by atoms with Crippen molar-refractivity contribution in [3.05, 3.63) is 53.6 Å². The van der Waals surface area contributed by atoms with Crippen LogP contribution in [0.5, 0.6) is 17.2 Å². The van der Waals surface area contributed by atoms with Crippen molar-refractivity contribution in [1.29, 1.82) is 0 Å². The second-order valence-corrected chi connectivity index (χ2v) is 5.44. The molecular formula is C19H24N2O4. The van der Waals surface area contributed by atoms with Gasteiger partial charge in [-0.3, -0.25) is 4.79 Å². The Morgan fingerprint density at radius 1 is 1.00 bits per heavy atom. The van der Waals surface area contributed by atoms with Gasteiger partial charge in [-0.1, -0.05) is 30.3 Å². The molecule has 0 aromatic heterocycles. The van der Waals surface area contributed by atoms with Crippen molar-refractivity contribution in [2.24, 2.45) is 5.73 Å². The smallest absolute Gasteiger partial charge is 0.229 e. The molecule has 134 valence electrons. The van der Waals surface area contributed by atoms with Gasteiger partial charge in [-0.05, 0) is 11.6 Å². The van der Waals surface area contributed by atoms with Gasteiger partial charge in [0.1, 0.15) is 5.75 Å². The minimum Gasteiger partial charge on any atom is -0.496 e. The Balaban J connectivity index is 2.15. The molecule has 0 aliphatic heterocycles. The van der Waals surface area contributed by atoms with Crippen LogP contribution in [0.2, 0.25) is 0 Å². The van der Waals surface area contributed by atoms with E-state index in [-0.39, 0.29) is 12.5 Å². The molecule has 0 saturated heterocycles. The highest BCUT2D eigenvalue weighted by molar-refractivity contribution is 5.84. The molecule has 6 heteroatoms. The summed E-state index contributed by atoms with van der Waals surface area (Å²) in [5.41, 5.74) is 7.47. The fourth-order valence-electron chi connectivity index (χ4n) is 2.62. The first-order valence-electron chi connectivity index (χ1n) is 7.96. The molecule has 2 aromatic rings. The number of carbonyl (C=O) groups is 1. The molecule has 0 aliphatic carbocycles. The van der Waals surface area contributed by atoms with E-state index in [2.05, 4.69) is 5.32 Å². The van der Waals surface area contributed by atoms with Crippen LogP contribution in [0.25, 0.3) is 0 Å². The third kappa shape index (κ3) is 4.42. The van der Waals surface area contributed by atoms with Crippen molar-refractivity contribution in [3.8, 4) is 17.2 Å². The molecule has 3 N–H and O–H groups in total. The maximum absolute atomic E-state index is 12.5. The molecule has 1 unspecified atom stereocenters. The van der Waals surface area contributed by atoms with Gasteiger partial charge < -0.3 is 25.3 Å². The van der Waals surface area contributed by atoms with Crippen molar-refractivity contribution < 1.29 is 19.0 Å². The van der Waals surface area contributed by atoms with E-state index in [1.54, 1.807) is 33.5 Å².